The normalized spacial score (nSPS) is 10.9. The van der Waals surface area contributed by atoms with Crippen LogP contribution < -0.4 is 0 Å². The van der Waals surface area contributed by atoms with Gasteiger partial charge < -0.3 is 9.67 Å². The summed E-state index contributed by atoms with van der Waals surface area (Å²) in [4.78, 5) is 22.6. The minimum absolute atomic E-state index is 0.0728. The fraction of sp³-hybridized carbons (Fsp3) is 0.0714. The lowest BCUT2D eigenvalue weighted by Gasteiger charge is -2.03. The van der Waals surface area contributed by atoms with Gasteiger partial charge >= 0.3 is 5.97 Å². The van der Waals surface area contributed by atoms with Crippen LogP contribution in [-0.2, 0) is 6.54 Å². The van der Waals surface area contributed by atoms with Gasteiger partial charge in [-0.05, 0) is 24.3 Å². The Morgan fingerprint density at radius 2 is 2.10 bits per heavy atom. The number of carbonyl (C=O) groups is 1. The van der Waals surface area contributed by atoms with E-state index >= 15 is 0 Å². The summed E-state index contributed by atoms with van der Waals surface area (Å²) in [6, 6.07) is 9.97. The minimum Gasteiger partial charge on any atom is -0.477 e. The van der Waals surface area contributed by atoms with E-state index < -0.39 is 10.9 Å². The Morgan fingerprint density at radius 1 is 1.29 bits per heavy atom. The van der Waals surface area contributed by atoms with E-state index in [0.29, 0.717) is 11.9 Å². The molecule has 1 aromatic carbocycles. The Kier molecular flexibility index (Phi) is 3.19. The molecular formula is C14H10N2O4S. The summed E-state index contributed by atoms with van der Waals surface area (Å²) < 4.78 is 1.87. The lowest BCUT2D eigenvalue weighted by atomic mass is 10.2. The minimum atomic E-state index is -0.945. The highest BCUT2D eigenvalue weighted by molar-refractivity contribution is 7.13. The van der Waals surface area contributed by atoms with Crippen LogP contribution in [0.2, 0.25) is 0 Å². The second-order valence-electron chi connectivity index (χ2n) is 4.48. The van der Waals surface area contributed by atoms with Crippen molar-refractivity contribution in [1.29, 1.82) is 0 Å². The van der Waals surface area contributed by atoms with E-state index in [1.54, 1.807) is 30.5 Å². The second-order valence-corrected chi connectivity index (χ2v) is 5.65. The molecule has 0 bridgehead atoms. The number of thiophene rings is 1. The van der Waals surface area contributed by atoms with Crippen LogP contribution in [0.25, 0.3) is 10.9 Å². The molecule has 0 fully saturated rings. The topological polar surface area (TPSA) is 85.4 Å². The molecule has 0 atom stereocenters. The third-order valence-electron chi connectivity index (χ3n) is 3.19. The first kappa shape index (κ1) is 13.3. The maximum atomic E-state index is 11.0. The van der Waals surface area contributed by atoms with Crippen LogP contribution in [0.5, 0.6) is 0 Å². The van der Waals surface area contributed by atoms with Gasteiger partial charge in [-0.2, -0.15) is 0 Å². The third-order valence-corrected chi connectivity index (χ3v) is 4.24. The highest BCUT2D eigenvalue weighted by atomic mass is 32.1. The number of benzene rings is 1. The molecule has 3 aromatic rings. The molecule has 0 saturated heterocycles. The first-order valence-electron chi connectivity index (χ1n) is 6.10. The Morgan fingerprint density at radius 3 is 2.76 bits per heavy atom. The van der Waals surface area contributed by atoms with E-state index in [2.05, 4.69) is 0 Å². The average Bonchev–Trinajstić information content (AvgIpc) is 3.06. The summed E-state index contributed by atoms with van der Waals surface area (Å²) in [5.74, 6) is -0.945. The van der Waals surface area contributed by atoms with Gasteiger partial charge in [0, 0.05) is 17.1 Å². The number of aromatic nitrogens is 1. The number of rotatable bonds is 4. The molecular weight excluding hydrogens is 292 g/mol. The molecule has 6 nitrogen and oxygen atoms in total. The molecule has 2 heterocycles. The number of carboxylic acids is 1. The molecule has 21 heavy (non-hydrogen) atoms. The molecule has 3 rings (SSSR count). The molecule has 7 heteroatoms. The Bertz CT molecular complexity index is 850. The second kappa shape index (κ2) is 5.02. The van der Waals surface area contributed by atoms with Gasteiger partial charge in [0.05, 0.1) is 22.4 Å². The third kappa shape index (κ3) is 2.38. The van der Waals surface area contributed by atoms with E-state index in [0.717, 1.165) is 10.4 Å². The van der Waals surface area contributed by atoms with E-state index in [1.807, 2.05) is 10.6 Å². The number of hydrogen-bond acceptors (Lipinski definition) is 4. The zero-order chi connectivity index (χ0) is 15.0. The molecule has 2 aromatic heterocycles. The summed E-state index contributed by atoms with van der Waals surface area (Å²) in [7, 11) is 0. The van der Waals surface area contributed by atoms with Crippen molar-refractivity contribution in [2.75, 3.05) is 0 Å². The lowest BCUT2D eigenvalue weighted by molar-refractivity contribution is -0.383. The van der Waals surface area contributed by atoms with Crippen LogP contribution in [0, 0.1) is 10.1 Å². The predicted molar refractivity (Wildman–Crippen MR) is 79.0 cm³/mol. The summed E-state index contributed by atoms with van der Waals surface area (Å²) in [5.41, 5.74) is 0.832. The van der Waals surface area contributed by atoms with Crippen molar-refractivity contribution >= 4 is 33.9 Å². The van der Waals surface area contributed by atoms with Crippen LogP contribution in [0.4, 0.5) is 5.69 Å². The number of carboxylic acid groups (broad SMARTS) is 1. The molecule has 0 saturated carbocycles. The van der Waals surface area contributed by atoms with Gasteiger partial charge in [-0.25, -0.2) is 4.79 Å². The monoisotopic (exact) mass is 302 g/mol. The summed E-state index contributed by atoms with van der Waals surface area (Å²) in [6.45, 7) is 0.489. The van der Waals surface area contributed by atoms with E-state index in [-0.39, 0.29) is 10.6 Å². The van der Waals surface area contributed by atoms with E-state index in [4.69, 9.17) is 5.11 Å². The maximum Gasteiger partial charge on any atom is 0.345 e. The molecule has 0 aliphatic heterocycles. The van der Waals surface area contributed by atoms with E-state index in [1.165, 1.54) is 17.4 Å². The van der Waals surface area contributed by atoms with Crippen molar-refractivity contribution in [1.82, 2.24) is 4.57 Å². The first-order valence-corrected chi connectivity index (χ1v) is 6.92. The highest BCUT2D eigenvalue weighted by Crippen LogP contribution is 2.27. The molecule has 0 spiro atoms. The number of non-ortho nitro benzene ring substituents is 1. The van der Waals surface area contributed by atoms with Crippen LogP contribution >= 0.6 is 11.3 Å². The van der Waals surface area contributed by atoms with Crippen molar-refractivity contribution in [3.63, 3.8) is 0 Å². The van der Waals surface area contributed by atoms with E-state index in [9.17, 15) is 14.9 Å². The molecule has 0 aliphatic rings. The van der Waals surface area contributed by atoms with Crippen molar-refractivity contribution < 1.29 is 14.8 Å². The van der Waals surface area contributed by atoms with Crippen LogP contribution in [-0.4, -0.2) is 20.6 Å². The Labute approximate surface area is 123 Å². The quantitative estimate of drug-likeness (QED) is 0.591. The number of nitro benzene ring substituents is 1. The fourth-order valence-corrected chi connectivity index (χ4v) is 3.10. The van der Waals surface area contributed by atoms with Crippen LogP contribution in [0.1, 0.15) is 14.5 Å². The largest absolute Gasteiger partial charge is 0.477 e. The number of aromatic carboxylic acids is 1. The smallest absolute Gasteiger partial charge is 0.345 e. The average molecular weight is 302 g/mol. The lowest BCUT2D eigenvalue weighted by Crippen LogP contribution is -1.96. The molecule has 1 N–H and O–H groups in total. The van der Waals surface area contributed by atoms with Gasteiger partial charge in [-0.1, -0.05) is 6.07 Å². The first-order chi connectivity index (χ1) is 10.1. The Hall–Kier alpha value is -2.67. The fourth-order valence-electron chi connectivity index (χ4n) is 2.25. The standard InChI is InChI=1S/C14H10N2O4S/c17-14(18)13-5-4-9(21-13)8-15-7-6-10-11(15)2-1-3-12(10)16(19)20/h1-7H,8H2,(H,17,18). The van der Waals surface area contributed by atoms with Gasteiger partial charge in [0.2, 0.25) is 0 Å². The van der Waals surface area contributed by atoms with Crippen LogP contribution in [0.3, 0.4) is 0 Å². The van der Waals surface area contributed by atoms with Crippen molar-refractivity contribution in [3.05, 3.63) is 62.5 Å². The number of nitro groups is 1. The maximum absolute atomic E-state index is 11.0. The predicted octanol–water partition coefficient (Wildman–Crippen LogP) is 3.36. The van der Waals surface area contributed by atoms with Crippen molar-refractivity contribution in [2.45, 2.75) is 6.54 Å². The van der Waals surface area contributed by atoms with Gasteiger partial charge in [0.1, 0.15) is 4.88 Å². The Balaban J connectivity index is 1.99. The van der Waals surface area contributed by atoms with Gasteiger partial charge in [-0.15, -0.1) is 11.3 Å². The highest BCUT2D eigenvalue weighted by Gasteiger charge is 2.14. The van der Waals surface area contributed by atoms with Gasteiger partial charge in [0.15, 0.2) is 0 Å². The van der Waals surface area contributed by atoms with Gasteiger partial charge in [0.25, 0.3) is 5.69 Å². The molecule has 0 radical (unpaired) electrons. The molecule has 0 aliphatic carbocycles. The zero-order valence-corrected chi connectivity index (χ0v) is 11.5. The number of fused-ring (bicyclic) bond motifs is 1. The SMILES string of the molecule is O=C(O)c1ccc(Cn2ccc3c([N+](=O)[O-])cccc32)s1. The zero-order valence-electron chi connectivity index (χ0n) is 10.7. The summed E-state index contributed by atoms with van der Waals surface area (Å²) in [5, 5.41) is 20.5. The number of hydrogen-bond donors (Lipinski definition) is 1. The molecule has 106 valence electrons. The van der Waals surface area contributed by atoms with Crippen molar-refractivity contribution in [3.8, 4) is 0 Å². The van der Waals surface area contributed by atoms with Crippen LogP contribution in [0.15, 0.2) is 42.6 Å². The van der Waals surface area contributed by atoms with Gasteiger partial charge in [-0.3, -0.25) is 10.1 Å². The summed E-state index contributed by atoms with van der Waals surface area (Å²) in [6.07, 6.45) is 1.78. The molecule has 0 unspecified atom stereocenters. The summed E-state index contributed by atoms with van der Waals surface area (Å²) >= 11 is 1.20. The molecule has 0 amide bonds. The van der Waals surface area contributed by atoms with Crippen molar-refractivity contribution in [2.24, 2.45) is 0 Å². The number of nitrogens with zero attached hydrogens (tertiary/aromatic N) is 2.